The first-order chi connectivity index (χ1) is 21.7. The number of unbranched alkanes of at least 4 members (excludes halogenated alkanes) is 24. The van der Waals surface area contributed by atoms with Crippen molar-refractivity contribution in [2.75, 3.05) is 0 Å². The van der Waals surface area contributed by atoms with Gasteiger partial charge in [-0.05, 0) is 24.0 Å². The largest absolute Gasteiger partial charge is 2.00 e. The molecular weight excluding hydrogens is 592 g/mol. The fraction of sp³-hybridized carbons (Fsp3) is 0.714. The molecule has 0 fully saturated rings. The molecule has 0 aromatic carbocycles. The van der Waals surface area contributed by atoms with E-state index in [4.69, 9.17) is 0 Å². The molecule has 258 valence electrons. The molecule has 0 aromatic rings. The molecule has 0 heterocycles. The zero-order valence-electron chi connectivity index (χ0n) is 29.6. The molecule has 0 spiro atoms. The summed E-state index contributed by atoms with van der Waals surface area (Å²) < 4.78 is 0. The van der Waals surface area contributed by atoms with Crippen molar-refractivity contribution in [2.45, 2.75) is 194 Å². The van der Waals surface area contributed by atoms with E-state index in [2.05, 4.69) is 13.8 Å². The molecule has 2 aliphatic rings. The minimum Gasteiger partial charge on any atom is -0.875 e. The van der Waals surface area contributed by atoms with Crippen LogP contribution in [0.2, 0.25) is 0 Å². The summed E-state index contributed by atoms with van der Waals surface area (Å²) >= 11 is 0. The van der Waals surface area contributed by atoms with E-state index in [1.54, 1.807) is 0 Å². The van der Waals surface area contributed by atoms with Crippen LogP contribution in [0.15, 0.2) is 71.3 Å². The van der Waals surface area contributed by atoms with Crippen LogP contribution in [-0.4, -0.2) is 0 Å². The Morgan fingerprint density at radius 1 is 0.356 bits per heavy atom. The van der Waals surface area contributed by atoms with Gasteiger partial charge in [0.25, 0.3) is 0 Å². The van der Waals surface area contributed by atoms with Gasteiger partial charge >= 0.3 is 17.1 Å². The molecule has 3 heteroatoms. The number of hydrogen-bond acceptors (Lipinski definition) is 2. The Morgan fingerprint density at radius 2 is 0.556 bits per heavy atom. The molecule has 0 amide bonds. The molecule has 0 aromatic heterocycles. The first-order valence-electron chi connectivity index (χ1n) is 19.2. The standard InChI is InChI=1S/2C21H36O.Fe/c2*1-2-3-4-5-6-7-8-9-10-11-12-13-14-19-21(22)20-17-15-16-18-20;/h2*15-18,22H,2-14,19H2,1H3;/q;;+2/p-2. The molecule has 2 aliphatic carbocycles. The number of rotatable bonds is 28. The van der Waals surface area contributed by atoms with Crippen molar-refractivity contribution in [3.8, 4) is 0 Å². The first kappa shape index (κ1) is 43.6. The Morgan fingerprint density at radius 3 is 0.778 bits per heavy atom. The summed E-state index contributed by atoms with van der Waals surface area (Å²) in [4.78, 5) is 0. The van der Waals surface area contributed by atoms with Gasteiger partial charge < -0.3 is 10.2 Å². The summed E-state index contributed by atoms with van der Waals surface area (Å²) in [5.41, 5.74) is 1.78. The smallest absolute Gasteiger partial charge is 0.875 e. The van der Waals surface area contributed by atoms with Gasteiger partial charge in [-0.25, -0.2) is 0 Å². The Hall–Kier alpha value is -1.44. The van der Waals surface area contributed by atoms with Crippen LogP contribution in [0.1, 0.15) is 194 Å². The van der Waals surface area contributed by atoms with Gasteiger partial charge in [0, 0.05) is 0 Å². The van der Waals surface area contributed by atoms with Crippen LogP contribution >= 0.6 is 0 Å². The minimum atomic E-state index is 0. The predicted molar refractivity (Wildman–Crippen MR) is 191 cm³/mol. The molecule has 0 saturated heterocycles. The summed E-state index contributed by atoms with van der Waals surface area (Å²) in [5, 5.41) is 23.6. The Balaban J connectivity index is 0.000000842. The fourth-order valence-corrected chi connectivity index (χ4v) is 6.02. The zero-order valence-corrected chi connectivity index (χ0v) is 30.7. The van der Waals surface area contributed by atoms with E-state index >= 15 is 0 Å². The third-order valence-electron chi connectivity index (χ3n) is 8.98. The van der Waals surface area contributed by atoms with Gasteiger partial charge in [-0.2, -0.15) is 0 Å². The average Bonchev–Trinajstić information content (AvgIpc) is 3.78. The molecule has 2 rings (SSSR count). The summed E-state index contributed by atoms with van der Waals surface area (Å²) in [6.45, 7) is 4.55. The van der Waals surface area contributed by atoms with E-state index in [1.807, 2.05) is 48.6 Å². The molecule has 0 atom stereocenters. The summed E-state index contributed by atoms with van der Waals surface area (Å²) in [5.74, 6) is 0.626. The third-order valence-corrected chi connectivity index (χ3v) is 8.98. The van der Waals surface area contributed by atoms with Gasteiger partial charge in [0.2, 0.25) is 0 Å². The zero-order chi connectivity index (χ0) is 31.8. The van der Waals surface area contributed by atoms with E-state index in [9.17, 15) is 10.2 Å². The van der Waals surface area contributed by atoms with Gasteiger partial charge in [-0.15, -0.1) is 11.5 Å². The second-order valence-electron chi connectivity index (χ2n) is 13.2. The minimum absolute atomic E-state index is 0. The van der Waals surface area contributed by atoms with Crippen molar-refractivity contribution in [2.24, 2.45) is 0 Å². The Labute approximate surface area is 291 Å². The van der Waals surface area contributed by atoms with Crippen molar-refractivity contribution in [1.82, 2.24) is 0 Å². The summed E-state index contributed by atoms with van der Waals surface area (Å²) in [6, 6.07) is 0. The van der Waals surface area contributed by atoms with Crippen molar-refractivity contribution in [3.63, 3.8) is 0 Å². The quantitative estimate of drug-likeness (QED) is 0.0475. The van der Waals surface area contributed by atoms with Crippen LogP contribution in [0.5, 0.6) is 0 Å². The maximum absolute atomic E-state index is 11.8. The molecule has 0 saturated carbocycles. The third kappa shape index (κ3) is 27.4. The normalized spacial score (nSPS) is 12.9. The SMILES string of the molecule is CCCCCCCCCCCCCCCC([O-])=C1C=CC=C1.CCCCCCCCCCCCCCCC([O-])=C1C=CC=C1.[Fe+2]. The Kier molecular flexibility index (Phi) is 32.8. The average molecular weight is 663 g/mol. The van der Waals surface area contributed by atoms with Crippen LogP contribution in [-0.2, 0) is 17.1 Å². The van der Waals surface area contributed by atoms with E-state index < -0.39 is 0 Å². The first-order valence-corrected chi connectivity index (χ1v) is 19.2. The van der Waals surface area contributed by atoms with Crippen LogP contribution in [0, 0.1) is 0 Å². The van der Waals surface area contributed by atoms with Crippen molar-refractivity contribution in [1.29, 1.82) is 0 Å². The van der Waals surface area contributed by atoms with Crippen molar-refractivity contribution in [3.05, 3.63) is 71.3 Å². The van der Waals surface area contributed by atoms with Gasteiger partial charge in [0.1, 0.15) is 0 Å². The molecule has 0 radical (unpaired) electrons. The van der Waals surface area contributed by atoms with Gasteiger partial charge in [0.05, 0.1) is 0 Å². The van der Waals surface area contributed by atoms with Crippen LogP contribution < -0.4 is 10.2 Å². The van der Waals surface area contributed by atoms with Crippen molar-refractivity contribution >= 4 is 0 Å². The predicted octanol–water partition coefficient (Wildman–Crippen LogP) is 12.4. The summed E-state index contributed by atoms with van der Waals surface area (Å²) in [6.07, 6.45) is 52.1. The monoisotopic (exact) mass is 662 g/mol. The molecule has 45 heavy (non-hydrogen) atoms. The fourth-order valence-electron chi connectivity index (χ4n) is 6.02. The van der Waals surface area contributed by atoms with Gasteiger partial charge in [0.15, 0.2) is 0 Å². The van der Waals surface area contributed by atoms with Gasteiger partial charge in [-0.3, -0.25) is 0 Å². The number of hydrogen-bond donors (Lipinski definition) is 0. The maximum Gasteiger partial charge on any atom is 2.00 e. The molecule has 0 N–H and O–H groups in total. The van der Waals surface area contributed by atoms with Crippen LogP contribution in [0.4, 0.5) is 0 Å². The van der Waals surface area contributed by atoms with Crippen molar-refractivity contribution < 1.29 is 27.3 Å². The van der Waals surface area contributed by atoms with E-state index in [0.717, 1.165) is 36.8 Å². The van der Waals surface area contributed by atoms with E-state index in [-0.39, 0.29) is 17.1 Å². The van der Waals surface area contributed by atoms with E-state index in [1.165, 1.54) is 154 Å². The Bertz CT molecular complexity index is 747. The molecule has 0 unspecified atom stereocenters. The second-order valence-corrected chi connectivity index (χ2v) is 13.2. The topological polar surface area (TPSA) is 46.1 Å². The molecule has 2 nitrogen and oxygen atoms in total. The number of allylic oxidation sites excluding steroid dienone is 12. The van der Waals surface area contributed by atoms with Crippen LogP contribution in [0.25, 0.3) is 0 Å². The molecular formula is C42H70FeO2. The molecule has 0 bridgehead atoms. The molecule has 0 aliphatic heterocycles. The maximum atomic E-state index is 11.8. The van der Waals surface area contributed by atoms with Crippen LogP contribution in [0.3, 0.4) is 0 Å². The van der Waals surface area contributed by atoms with Gasteiger partial charge in [-0.1, -0.05) is 229 Å². The van der Waals surface area contributed by atoms with E-state index in [0.29, 0.717) is 11.5 Å². The summed E-state index contributed by atoms with van der Waals surface area (Å²) in [7, 11) is 0. The second kappa shape index (κ2) is 33.9.